The number of carbonyl (C=O) groups is 1. The van der Waals surface area contributed by atoms with Crippen LogP contribution in [-0.4, -0.2) is 16.1 Å². The minimum Gasteiger partial charge on any atom is -0.475 e. The first kappa shape index (κ1) is 10.9. The zero-order valence-electron chi connectivity index (χ0n) is 7.88. The van der Waals surface area contributed by atoms with Crippen molar-refractivity contribution in [1.82, 2.24) is 4.98 Å². The van der Waals surface area contributed by atoms with E-state index in [0.29, 0.717) is 11.1 Å². The normalized spacial score (nSPS) is 10.9. The summed E-state index contributed by atoms with van der Waals surface area (Å²) in [6.07, 6.45) is 4.41. The quantitative estimate of drug-likeness (QED) is 0.331. The van der Waals surface area contributed by atoms with Crippen molar-refractivity contribution in [1.29, 1.82) is 0 Å². The van der Waals surface area contributed by atoms with E-state index < -0.39 is 5.97 Å². The van der Waals surface area contributed by atoms with Crippen LogP contribution in [-0.2, 0) is 9.63 Å². The molecule has 1 heterocycles. The topological polar surface area (TPSA) is 85.4 Å². The van der Waals surface area contributed by atoms with Crippen LogP contribution in [0.25, 0.3) is 5.57 Å². The van der Waals surface area contributed by atoms with Gasteiger partial charge in [-0.2, -0.15) is 5.90 Å². The molecule has 0 unspecified atom stereocenters. The Morgan fingerprint density at radius 1 is 1.67 bits per heavy atom. The first-order valence-electron chi connectivity index (χ1n) is 4.06. The molecule has 5 heteroatoms. The molecule has 0 fully saturated rings. The molecule has 0 aliphatic heterocycles. The van der Waals surface area contributed by atoms with Gasteiger partial charge in [0.2, 0.25) is 5.76 Å². The Hall–Kier alpha value is -2.14. The van der Waals surface area contributed by atoms with Gasteiger partial charge in [-0.25, -0.2) is 4.79 Å². The average Bonchev–Trinajstić information content (AvgIpc) is 2.26. The van der Waals surface area contributed by atoms with Gasteiger partial charge >= 0.3 is 5.97 Å². The zero-order chi connectivity index (χ0) is 11.3. The Morgan fingerprint density at radius 3 is 2.87 bits per heavy atom. The molecule has 0 saturated heterocycles. The molecule has 0 amide bonds. The Morgan fingerprint density at radius 2 is 2.40 bits per heavy atom. The van der Waals surface area contributed by atoms with Crippen LogP contribution in [0.1, 0.15) is 5.56 Å². The van der Waals surface area contributed by atoms with E-state index in [0.717, 1.165) is 0 Å². The van der Waals surface area contributed by atoms with E-state index >= 15 is 0 Å². The molecule has 1 aromatic rings. The van der Waals surface area contributed by atoms with Crippen LogP contribution >= 0.6 is 0 Å². The molecule has 0 spiro atoms. The molecule has 0 aromatic carbocycles. The van der Waals surface area contributed by atoms with E-state index in [4.69, 9.17) is 11.0 Å². The third-order valence-electron chi connectivity index (χ3n) is 1.68. The van der Waals surface area contributed by atoms with Gasteiger partial charge in [0.1, 0.15) is 0 Å². The van der Waals surface area contributed by atoms with E-state index in [9.17, 15) is 4.79 Å². The van der Waals surface area contributed by atoms with E-state index in [-0.39, 0.29) is 5.76 Å². The Balaban J connectivity index is 2.92. The molecule has 0 bridgehead atoms. The van der Waals surface area contributed by atoms with E-state index in [1.807, 2.05) is 0 Å². The molecule has 0 aliphatic carbocycles. The highest BCUT2D eigenvalue weighted by Crippen LogP contribution is 2.13. The molecule has 0 saturated carbocycles. The highest BCUT2D eigenvalue weighted by molar-refractivity contribution is 5.88. The summed E-state index contributed by atoms with van der Waals surface area (Å²) in [6.45, 7) is 3.68. The number of pyridine rings is 1. The predicted octanol–water partition coefficient (Wildman–Crippen LogP) is 0.954. The summed E-state index contributed by atoms with van der Waals surface area (Å²) in [7, 11) is 0. The maximum atomic E-state index is 10.6. The monoisotopic (exact) mass is 206 g/mol. The molecule has 3 N–H and O–H groups in total. The second-order valence-electron chi connectivity index (χ2n) is 2.70. The number of rotatable bonds is 4. The van der Waals surface area contributed by atoms with Gasteiger partial charge in [0.05, 0.1) is 0 Å². The minimum absolute atomic E-state index is 0.371. The SMILES string of the molecule is C=C(/C=C(\ON)C(=O)O)c1cccnc1. The number of allylic oxidation sites excluding steroid dienone is 2. The lowest BCUT2D eigenvalue weighted by Crippen LogP contribution is -2.09. The van der Waals surface area contributed by atoms with Gasteiger partial charge in [0.15, 0.2) is 0 Å². The van der Waals surface area contributed by atoms with Gasteiger partial charge in [-0.1, -0.05) is 12.6 Å². The van der Waals surface area contributed by atoms with Crippen molar-refractivity contribution in [3.05, 3.63) is 48.5 Å². The fourth-order valence-electron chi connectivity index (χ4n) is 0.940. The Labute approximate surface area is 86.5 Å². The van der Waals surface area contributed by atoms with Gasteiger partial charge in [0, 0.05) is 12.4 Å². The standard InChI is InChI=1S/C10H10N2O3/c1-7(5-9(15-11)10(13)14)8-3-2-4-12-6-8/h2-6H,1,11H2,(H,13,14)/b9-5-. The highest BCUT2D eigenvalue weighted by atomic mass is 16.6. The molecule has 0 aliphatic rings. The summed E-state index contributed by atoms with van der Waals surface area (Å²) < 4.78 is 0. The first-order chi connectivity index (χ1) is 7.15. The minimum atomic E-state index is -1.25. The van der Waals surface area contributed by atoms with Crippen molar-refractivity contribution in [3.63, 3.8) is 0 Å². The van der Waals surface area contributed by atoms with Crippen LogP contribution in [0.3, 0.4) is 0 Å². The van der Waals surface area contributed by atoms with Crippen LogP contribution < -0.4 is 5.90 Å². The summed E-state index contributed by atoms with van der Waals surface area (Å²) in [5.41, 5.74) is 1.17. The fraction of sp³-hybridized carbons (Fsp3) is 0. The van der Waals surface area contributed by atoms with Gasteiger partial charge in [-0.15, -0.1) is 0 Å². The number of carboxylic acid groups (broad SMARTS) is 1. The summed E-state index contributed by atoms with van der Waals surface area (Å²) in [6, 6.07) is 3.47. The second kappa shape index (κ2) is 4.92. The number of aromatic nitrogens is 1. The molecule has 15 heavy (non-hydrogen) atoms. The molecule has 0 atom stereocenters. The number of nitrogens with zero attached hydrogens (tertiary/aromatic N) is 1. The molecule has 0 radical (unpaired) electrons. The summed E-state index contributed by atoms with van der Waals surface area (Å²) in [5, 5.41) is 8.64. The maximum absolute atomic E-state index is 10.6. The second-order valence-corrected chi connectivity index (χ2v) is 2.70. The van der Waals surface area contributed by atoms with Crippen molar-refractivity contribution < 1.29 is 14.7 Å². The highest BCUT2D eigenvalue weighted by Gasteiger charge is 2.08. The van der Waals surface area contributed by atoms with Crippen molar-refractivity contribution >= 4 is 11.5 Å². The van der Waals surface area contributed by atoms with Crippen LogP contribution in [0.5, 0.6) is 0 Å². The zero-order valence-corrected chi connectivity index (χ0v) is 7.88. The third kappa shape index (κ3) is 2.92. The molecule has 78 valence electrons. The van der Waals surface area contributed by atoms with Crippen LogP contribution in [0.4, 0.5) is 0 Å². The van der Waals surface area contributed by atoms with Crippen LogP contribution in [0, 0.1) is 0 Å². The molecule has 1 rings (SSSR count). The van der Waals surface area contributed by atoms with Gasteiger partial charge in [-0.05, 0) is 23.3 Å². The van der Waals surface area contributed by atoms with Gasteiger partial charge in [0.25, 0.3) is 0 Å². The summed E-state index contributed by atoms with van der Waals surface area (Å²) >= 11 is 0. The lowest BCUT2D eigenvalue weighted by atomic mass is 10.1. The lowest BCUT2D eigenvalue weighted by Gasteiger charge is -2.01. The van der Waals surface area contributed by atoms with E-state index in [1.54, 1.807) is 24.5 Å². The molecular formula is C10H10N2O3. The van der Waals surface area contributed by atoms with Crippen LogP contribution in [0.2, 0.25) is 0 Å². The maximum Gasteiger partial charge on any atom is 0.373 e. The summed E-state index contributed by atoms with van der Waals surface area (Å²) in [4.78, 5) is 18.6. The van der Waals surface area contributed by atoms with Crippen molar-refractivity contribution in [2.24, 2.45) is 5.90 Å². The summed E-state index contributed by atoms with van der Waals surface area (Å²) in [5.74, 6) is 3.18. The van der Waals surface area contributed by atoms with Crippen molar-refractivity contribution in [2.75, 3.05) is 0 Å². The van der Waals surface area contributed by atoms with Crippen molar-refractivity contribution in [2.45, 2.75) is 0 Å². The Bertz CT molecular complexity index is 398. The van der Waals surface area contributed by atoms with Gasteiger partial charge in [-0.3, -0.25) is 4.98 Å². The number of hydrogen-bond donors (Lipinski definition) is 2. The molecular weight excluding hydrogens is 196 g/mol. The lowest BCUT2D eigenvalue weighted by molar-refractivity contribution is -0.136. The van der Waals surface area contributed by atoms with Crippen LogP contribution in [0.15, 0.2) is 42.9 Å². The molecule has 5 nitrogen and oxygen atoms in total. The first-order valence-corrected chi connectivity index (χ1v) is 4.06. The Kier molecular flexibility index (Phi) is 3.59. The smallest absolute Gasteiger partial charge is 0.373 e. The average molecular weight is 206 g/mol. The number of nitrogens with two attached hydrogens (primary N) is 1. The number of hydrogen-bond acceptors (Lipinski definition) is 4. The fourth-order valence-corrected chi connectivity index (χ4v) is 0.940. The predicted molar refractivity (Wildman–Crippen MR) is 54.3 cm³/mol. The molecule has 1 aromatic heterocycles. The van der Waals surface area contributed by atoms with Gasteiger partial charge < -0.3 is 9.94 Å². The van der Waals surface area contributed by atoms with E-state index in [1.165, 1.54) is 6.08 Å². The number of carboxylic acids is 1. The van der Waals surface area contributed by atoms with E-state index in [2.05, 4.69) is 16.4 Å². The largest absolute Gasteiger partial charge is 0.475 e. The number of aliphatic carboxylic acids is 1. The third-order valence-corrected chi connectivity index (χ3v) is 1.68. The van der Waals surface area contributed by atoms with Crippen molar-refractivity contribution in [3.8, 4) is 0 Å².